The molecule has 0 fully saturated rings. The van der Waals surface area contributed by atoms with Gasteiger partial charge in [0.05, 0.1) is 5.52 Å². The van der Waals surface area contributed by atoms with Gasteiger partial charge in [0.1, 0.15) is 0 Å². The second-order valence-corrected chi connectivity index (χ2v) is 14.2. The lowest BCUT2D eigenvalue weighted by Crippen LogP contribution is -1.98. The Hall–Kier alpha value is -5.92. The van der Waals surface area contributed by atoms with Crippen molar-refractivity contribution in [2.75, 3.05) is 0 Å². The molecule has 0 N–H and O–H groups in total. The first-order chi connectivity index (χ1) is 25.3. The predicted molar refractivity (Wildman–Crippen MR) is 220 cm³/mol. The van der Waals surface area contributed by atoms with Gasteiger partial charge < -0.3 is 4.57 Å². The first-order valence-electron chi connectivity index (χ1n) is 18.6. The van der Waals surface area contributed by atoms with Crippen molar-refractivity contribution in [2.24, 2.45) is 0 Å². The summed E-state index contributed by atoms with van der Waals surface area (Å²) in [5.41, 5.74) is 12.8. The van der Waals surface area contributed by atoms with Crippen molar-refractivity contribution < 1.29 is 0 Å². The number of aromatic nitrogens is 1. The molecular formula is C50H39N. The maximum absolute atomic E-state index is 2.65. The van der Waals surface area contributed by atoms with E-state index in [1.807, 2.05) is 0 Å². The molecule has 1 heteroatoms. The van der Waals surface area contributed by atoms with E-state index in [1.165, 1.54) is 124 Å². The lowest BCUT2D eigenvalue weighted by molar-refractivity contribution is 0.602. The van der Waals surface area contributed by atoms with Gasteiger partial charge in [-0.2, -0.15) is 0 Å². The molecule has 51 heavy (non-hydrogen) atoms. The molecule has 0 spiro atoms. The number of fused-ring (bicyclic) bond motifs is 1. The summed E-state index contributed by atoms with van der Waals surface area (Å²) in [6.45, 7) is 3.33. The highest BCUT2D eigenvalue weighted by Crippen LogP contribution is 2.50. The van der Waals surface area contributed by atoms with Crippen LogP contribution in [0, 0.1) is 0 Å². The minimum Gasteiger partial charge on any atom is -0.340 e. The zero-order valence-electron chi connectivity index (χ0n) is 29.0. The molecule has 1 nitrogen and oxygen atoms in total. The molecule has 0 atom stereocenters. The van der Waals surface area contributed by atoms with Crippen molar-refractivity contribution in [1.82, 2.24) is 4.57 Å². The summed E-state index contributed by atoms with van der Waals surface area (Å²) in [7, 11) is 0. The van der Waals surface area contributed by atoms with Crippen molar-refractivity contribution in [2.45, 2.75) is 39.2 Å². The number of hydrogen-bond acceptors (Lipinski definition) is 0. The van der Waals surface area contributed by atoms with Gasteiger partial charge in [-0.15, -0.1) is 0 Å². The second-order valence-electron chi connectivity index (χ2n) is 14.2. The van der Waals surface area contributed by atoms with Crippen LogP contribution >= 0.6 is 0 Å². The molecule has 244 valence electrons. The van der Waals surface area contributed by atoms with Crippen LogP contribution in [-0.4, -0.2) is 4.57 Å². The average Bonchev–Trinajstić information content (AvgIpc) is 3.53. The molecule has 0 bridgehead atoms. The first-order valence-corrected chi connectivity index (χ1v) is 18.6. The number of nitrogens with zero attached hydrogens (tertiary/aromatic N) is 1. The number of hydrogen-bond donors (Lipinski definition) is 0. The smallest absolute Gasteiger partial charge is 0.0504 e. The topological polar surface area (TPSA) is 4.93 Å². The van der Waals surface area contributed by atoms with Gasteiger partial charge >= 0.3 is 0 Å². The maximum atomic E-state index is 2.65. The molecule has 0 unspecified atom stereocenters. The van der Waals surface area contributed by atoms with Gasteiger partial charge in [-0.3, -0.25) is 0 Å². The highest BCUT2D eigenvalue weighted by atomic mass is 15.0. The molecule has 1 heterocycles. The van der Waals surface area contributed by atoms with Crippen LogP contribution in [0.15, 0.2) is 158 Å². The summed E-state index contributed by atoms with van der Waals surface area (Å²) in [5, 5.41) is 11.0. The van der Waals surface area contributed by atoms with E-state index in [2.05, 4.69) is 169 Å². The lowest BCUT2D eigenvalue weighted by atomic mass is 9.85. The molecule has 0 aliphatic heterocycles. The second kappa shape index (κ2) is 12.1. The van der Waals surface area contributed by atoms with Crippen LogP contribution in [0.5, 0.6) is 0 Å². The zero-order valence-corrected chi connectivity index (χ0v) is 29.0. The van der Waals surface area contributed by atoms with Gasteiger partial charge in [0.15, 0.2) is 0 Å². The molecule has 0 amide bonds. The first kappa shape index (κ1) is 29.9. The van der Waals surface area contributed by atoms with Crippen LogP contribution in [0.1, 0.15) is 32.6 Å². The van der Waals surface area contributed by atoms with E-state index in [0.717, 1.165) is 6.54 Å². The molecule has 0 aliphatic rings. The largest absolute Gasteiger partial charge is 0.340 e. The molecule has 0 saturated heterocycles. The molecular weight excluding hydrogens is 615 g/mol. The molecule has 0 radical (unpaired) electrons. The third-order valence-electron chi connectivity index (χ3n) is 11.3. The summed E-state index contributed by atoms with van der Waals surface area (Å²) in [6, 6.07) is 58.7. The van der Waals surface area contributed by atoms with Crippen LogP contribution in [0.4, 0.5) is 0 Å². The van der Waals surface area contributed by atoms with Crippen molar-refractivity contribution in [3.8, 4) is 44.5 Å². The van der Waals surface area contributed by atoms with Crippen LogP contribution in [0.25, 0.3) is 98.6 Å². The Balaban J connectivity index is 1.21. The Labute approximate surface area is 299 Å². The third-order valence-corrected chi connectivity index (χ3v) is 11.3. The van der Waals surface area contributed by atoms with Gasteiger partial charge in [-0.1, -0.05) is 172 Å². The minimum absolute atomic E-state index is 1.03. The summed E-state index contributed by atoms with van der Waals surface area (Å²) >= 11 is 0. The van der Waals surface area contributed by atoms with Gasteiger partial charge in [0.25, 0.3) is 0 Å². The third kappa shape index (κ3) is 4.76. The van der Waals surface area contributed by atoms with E-state index in [4.69, 9.17) is 0 Å². The van der Waals surface area contributed by atoms with E-state index >= 15 is 0 Å². The summed E-state index contributed by atoms with van der Waals surface area (Å²) in [6.07, 6.45) is 4.97. The normalized spacial score (nSPS) is 12.0. The monoisotopic (exact) mass is 653 g/mol. The van der Waals surface area contributed by atoms with Gasteiger partial charge in [-0.25, -0.2) is 0 Å². The highest BCUT2D eigenvalue weighted by Gasteiger charge is 2.24. The van der Waals surface area contributed by atoms with Crippen molar-refractivity contribution in [3.05, 3.63) is 158 Å². The number of aryl methyl sites for hydroxylation is 1. The van der Waals surface area contributed by atoms with E-state index in [-0.39, 0.29) is 0 Å². The van der Waals surface area contributed by atoms with Crippen LogP contribution in [-0.2, 0) is 6.54 Å². The van der Waals surface area contributed by atoms with E-state index in [9.17, 15) is 0 Å². The van der Waals surface area contributed by atoms with Crippen LogP contribution < -0.4 is 0 Å². The molecule has 9 aromatic carbocycles. The fourth-order valence-corrected chi connectivity index (χ4v) is 8.79. The van der Waals surface area contributed by atoms with Crippen LogP contribution in [0.3, 0.4) is 0 Å². The minimum atomic E-state index is 1.03. The Morgan fingerprint density at radius 1 is 0.353 bits per heavy atom. The van der Waals surface area contributed by atoms with E-state index in [1.54, 1.807) is 0 Å². The number of benzene rings is 9. The Morgan fingerprint density at radius 3 is 1.51 bits per heavy atom. The molecule has 0 saturated carbocycles. The fourth-order valence-electron chi connectivity index (χ4n) is 8.79. The Morgan fingerprint density at radius 2 is 0.863 bits per heavy atom. The quantitative estimate of drug-likeness (QED) is 0.0830. The SMILES string of the molecule is CCCCCCn1c2ccc3c(-c4ccc(-c5ccccc5)cc4)ccc4c5cccc6c(-c7ccc(-c8ccccc8)cc7)cc1c(c65)c2c34. The van der Waals surface area contributed by atoms with Gasteiger partial charge in [-0.05, 0) is 84.6 Å². The van der Waals surface area contributed by atoms with E-state index in [0.29, 0.717) is 0 Å². The van der Waals surface area contributed by atoms with Gasteiger partial charge in [0, 0.05) is 33.6 Å². The average molecular weight is 654 g/mol. The van der Waals surface area contributed by atoms with Crippen molar-refractivity contribution in [3.63, 3.8) is 0 Å². The predicted octanol–water partition coefficient (Wildman–Crippen LogP) is 14.4. The zero-order chi connectivity index (χ0) is 33.9. The lowest BCUT2D eigenvalue weighted by Gasteiger charge is -2.17. The van der Waals surface area contributed by atoms with Crippen molar-refractivity contribution in [1.29, 1.82) is 0 Å². The van der Waals surface area contributed by atoms with Gasteiger partial charge in [0.2, 0.25) is 0 Å². The highest BCUT2D eigenvalue weighted by molar-refractivity contribution is 6.42. The molecule has 0 aliphatic carbocycles. The molecule has 10 aromatic rings. The standard InChI is InChI=1S/C50H39N/c1-2-3-4-11-31-51-45-30-29-42-39(37-23-19-35(20-24-37)33-13-7-5-8-14-33)27-28-43-40-17-12-18-41-44(32-46(51)50(47(40)41)49(45)48(42)43)38-25-21-36(22-26-38)34-15-9-6-10-16-34/h5-10,12-30,32H,2-4,11,31H2,1H3. The summed E-state index contributed by atoms with van der Waals surface area (Å²) in [4.78, 5) is 0. The van der Waals surface area contributed by atoms with Crippen molar-refractivity contribution >= 4 is 54.1 Å². The maximum Gasteiger partial charge on any atom is 0.0504 e. The Bertz CT molecular complexity index is 2760. The summed E-state index contributed by atoms with van der Waals surface area (Å²) < 4.78 is 2.65. The van der Waals surface area contributed by atoms with E-state index < -0.39 is 0 Å². The summed E-state index contributed by atoms with van der Waals surface area (Å²) in [5.74, 6) is 0. The number of unbranched alkanes of at least 4 members (excludes halogenated alkanes) is 3. The van der Waals surface area contributed by atoms with Crippen LogP contribution in [0.2, 0.25) is 0 Å². The molecule has 1 aromatic heterocycles. The fraction of sp³-hybridized carbons (Fsp3) is 0.120. The number of rotatable bonds is 9. The Kier molecular flexibility index (Phi) is 7.13. The molecule has 10 rings (SSSR count).